The highest BCUT2D eigenvalue weighted by atomic mass is 35.5. The molecule has 0 radical (unpaired) electrons. The number of sulfonamides is 1. The molecule has 0 aliphatic heterocycles. The minimum absolute atomic E-state index is 0.169. The van der Waals surface area contributed by atoms with Crippen LogP contribution in [0.15, 0.2) is 35.2 Å². The number of hydrogen-bond acceptors (Lipinski definition) is 4. The molecular weight excluding hydrogens is 305 g/mol. The fourth-order valence-corrected chi connectivity index (χ4v) is 3.14. The topological polar surface area (TPSA) is 85.1 Å². The lowest BCUT2D eigenvalue weighted by Crippen LogP contribution is -2.17. The van der Waals surface area contributed by atoms with Crippen molar-refractivity contribution < 1.29 is 12.8 Å². The summed E-state index contributed by atoms with van der Waals surface area (Å²) in [5, 5.41) is 0.232. The Bertz CT molecular complexity index is 745. The quantitative estimate of drug-likeness (QED) is 0.673. The molecule has 1 aromatic carbocycles. The lowest BCUT2D eigenvalue weighted by Gasteiger charge is -2.12. The molecule has 0 spiro atoms. The number of nitrogens with two attached hydrogens (primary N) is 1. The number of rotatable bonds is 3. The summed E-state index contributed by atoms with van der Waals surface area (Å²) in [6, 6.07) is 6.54. The summed E-state index contributed by atoms with van der Waals surface area (Å²) in [7, 11) is -4.14. The van der Waals surface area contributed by atoms with Gasteiger partial charge in [-0.2, -0.15) is 0 Å². The SMILES string of the molecule is Cc1nc(Cl)ccc1NS(=O)(=O)c1c(N)cccc1F. The molecule has 1 heterocycles. The summed E-state index contributed by atoms with van der Waals surface area (Å²) in [5.41, 5.74) is 5.93. The van der Waals surface area contributed by atoms with E-state index in [0.717, 1.165) is 6.07 Å². The van der Waals surface area contributed by atoms with Crippen LogP contribution in [0.4, 0.5) is 15.8 Å². The lowest BCUT2D eigenvalue weighted by atomic mass is 10.3. The summed E-state index contributed by atoms with van der Waals surface area (Å²) >= 11 is 5.69. The fraction of sp³-hybridized carbons (Fsp3) is 0.0833. The molecule has 2 rings (SSSR count). The van der Waals surface area contributed by atoms with E-state index in [-0.39, 0.29) is 16.5 Å². The van der Waals surface area contributed by atoms with Crippen LogP contribution in [0.25, 0.3) is 0 Å². The van der Waals surface area contributed by atoms with Crippen LogP contribution >= 0.6 is 11.6 Å². The van der Waals surface area contributed by atoms with Crippen molar-refractivity contribution in [2.75, 3.05) is 10.5 Å². The number of nitrogens with one attached hydrogen (secondary N) is 1. The third-order valence-electron chi connectivity index (χ3n) is 2.56. The number of benzene rings is 1. The zero-order chi connectivity index (χ0) is 14.9. The van der Waals surface area contributed by atoms with Gasteiger partial charge in [0.05, 0.1) is 17.1 Å². The number of aryl methyl sites for hydroxylation is 1. The number of nitrogen functional groups attached to an aromatic ring is 1. The Morgan fingerprint density at radius 2 is 2.00 bits per heavy atom. The molecule has 8 heteroatoms. The monoisotopic (exact) mass is 315 g/mol. The molecule has 0 aliphatic carbocycles. The summed E-state index contributed by atoms with van der Waals surface area (Å²) < 4.78 is 40.3. The van der Waals surface area contributed by atoms with Crippen LogP contribution in [0, 0.1) is 12.7 Å². The molecule has 5 nitrogen and oxygen atoms in total. The van der Waals surface area contributed by atoms with E-state index in [1.165, 1.54) is 24.3 Å². The van der Waals surface area contributed by atoms with Gasteiger partial charge in [0.15, 0.2) is 0 Å². The first-order valence-electron chi connectivity index (χ1n) is 5.51. The van der Waals surface area contributed by atoms with Gasteiger partial charge in [0.1, 0.15) is 15.9 Å². The first kappa shape index (κ1) is 14.5. The second-order valence-corrected chi connectivity index (χ2v) is 6.04. The van der Waals surface area contributed by atoms with Gasteiger partial charge in [-0.3, -0.25) is 4.72 Å². The molecule has 0 fully saturated rings. The molecule has 0 bridgehead atoms. The van der Waals surface area contributed by atoms with Gasteiger partial charge in [0, 0.05) is 0 Å². The van der Waals surface area contributed by atoms with E-state index in [9.17, 15) is 12.8 Å². The van der Waals surface area contributed by atoms with Crippen LogP contribution in [0.2, 0.25) is 5.15 Å². The smallest absolute Gasteiger partial charge is 0.266 e. The van der Waals surface area contributed by atoms with Crippen LogP contribution in [-0.4, -0.2) is 13.4 Å². The lowest BCUT2D eigenvalue weighted by molar-refractivity contribution is 0.571. The minimum atomic E-state index is -4.14. The largest absolute Gasteiger partial charge is 0.398 e. The molecular formula is C12H11ClFN3O2S. The average Bonchev–Trinajstić information content (AvgIpc) is 2.32. The van der Waals surface area contributed by atoms with Gasteiger partial charge < -0.3 is 5.73 Å². The molecule has 3 N–H and O–H groups in total. The van der Waals surface area contributed by atoms with Gasteiger partial charge in [-0.05, 0) is 31.2 Å². The van der Waals surface area contributed by atoms with Gasteiger partial charge in [-0.1, -0.05) is 17.7 Å². The third-order valence-corrected chi connectivity index (χ3v) is 4.23. The van der Waals surface area contributed by atoms with E-state index in [4.69, 9.17) is 17.3 Å². The van der Waals surface area contributed by atoms with E-state index < -0.39 is 20.7 Å². The van der Waals surface area contributed by atoms with E-state index in [2.05, 4.69) is 9.71 Å². The Kier molecular flexibility index (Phi) is 3.82. The molecule has 0 amide bonds. The average molecular weight is 316 g/mol. The van der Waals surface area contributed by atoms with Crippen molar-refractivity contribution >= 4 is 33.0 Å². The van der Waals surface area contributed by atoms with Crippen LogP contribution in [0.5, 0.6) is 0 Å². The van der Waals surface area contributed by atoms with E-state index in [1.807, 2.05) is 0 Å². The summed E-state index contributed by atoms with van der Waals surface area (Å²) in [6.45, 7) is 1.58. The van der Waals surface area contributed by atoms with Crippen molar-refractivity contribution in [2.45, 2.75) is 11.8 Å². The number of aromatic nitrogens is 1. The third kappa shape index (κ3) is 2.83. The molecule has 0 unspecified atom stereocenters. The second-order valence-electron chi connectivity index (χ2n) is 4.03. The standard InChI is InChI=1S/C12H11ClFN3O2S/c1-7-10(5-6-11(13)16-7)17-20(18,19)12-8(14)3-2-4-9(12)15/h2-6,17H,15H2,1H3. The molecule has 0 saturated heterocycles. The first-order chi connectivity index (χ1) is 9.31. The minimum Gasteiger partial charge on any atom is -0.398 e. The van der Waals surface area contributed by atoms with E-state index in [1.54, 1.807) is 6.92 Å². The fourth-order valence-electron chi connectivity index (χ4n) is 1.64. The van der Waals surface area contributed by atoms with Crippen molar-refractivity contribution in [1.82, 2.24) is 4.98 Å². The number of nitrogens with zero attached hydrogens (tertiary/aromatic N) is 1. The normalized spacial score (nSPS) is 11.3. The van der Waals surface area contributed by atoms with Crippen molar-refractivity contribution in [3.8, 4) is 0 Å². The second kappa shape index (κ2) is 5.26. The zero-order valence-electron chi connectivity index (χ0n) is 10.4. The molecule has 0 aliphatic rings. The van der Waals surface area contributed by atoms with Crippen LogP contribution in [-0.2, 0) is 10.0 Å². The molecule has 20 heavy (non-hydrogen) atoms. The van der Waals surface area contributed by atoms with Crippen LogP contribution in [0.1, 0.15) is 5.69 Å². The van der Waals surface area contributed by atoms with Crippen LogP contribution in [0.3, 0.4) is 0 Å². The summed E-state index contributed by atoms with van der Waals surface area (Å²) in [4.78, 5) is 3.32. The van der Waals surface area contributed by atoms with E-state index >= 15 is 0 Å². The Morgan fingerprint density at radius 1 is 1.30 bits per heavy atom. The van der Waals surface area contributed by atoms with Crippen LogP contribution < -0.4 is 10.5 Å². The Balaban J connectivity index is 2.46. The highest BCUT2D eigenvalue weighted by Crippen LogP contribution is 2.25. The Labute approximate surface area is 120 Å². The maximum absolute atomic E-state index is 13.7. The van der Waals surface area contributed by atoms with Crippen molar-refractivity contribution in [2.24, 2.45) is 0 Å². The van der Waals surface area contributed by atoms with Crippen molar-refractivity contribution in [1.29, 1.82) is 0 Å². The first-order valence-corrected chi connectivity index (χ1v) is 7.37. The van der Waals surface area contributed by atoms with Crippen molar-refractivity contribution in [3.63, 3.8) is 0 Å². The maximum atomic E-state index is 13.7. The predicted octanol–water partition coefficient (Wildman–Crippen LogP) is 2.57. The van der Waals surface area contributed by atoms with Gasteiger partial charge in [0.2, 0.25) is 0 Å². The zero-order valence-corrected chi connectivity index (χ0v) is 12.0. The number of halogens is 2. The molecule has 0 saturated carbocycles. The number of anilines is 2. The number of pyridine rings is 1. The molecule has 1 aromatic heterocycles. The Hall–Kier alpha value is -1.86. The molecule has 2 aromatic rings. The molecule has 0 atom stereocenters. The van der Waals surface area contributed by atoms with Gasteiger partial charge >= 0.3 is 0 Å². The summed E-state index contributed by atoms with van der Waals surface area (Å²) in [6.07, 6.45) is 0. The van der Waals surface area contributed by atoms with Gasteiger partial charge in [-0.15, -0.1) is 0 Å². The summed E-state index contributed by atoms with van der Waals surface area (Å²) in [5.74, 6) is -0.919. The molecule has 106 valence electrons. The van der Waals surface area contributed by atoms with Gasteiger partial charge in [0.25, 0.3) is 10.0 Å². The van der Waals surface area contributed by atoms with Gasteiger partial charge in [-0.25, -0.2) is 17.8 Å². The Morgan fingerprint density at radius 3 is 2.60 bits per heavy atom. The highest BCUT2D eigenvalue weighted by Gasteiger charge is 2.23. The highest BCUT2D eigenvalue weighted by molar-refractivity contribution is 7.92. The van der Waals surface area contributed by atoms with E-state index in [0.29, 0.717) is 5.69 Å². The van der Waals surface area contributed by atoms with Crippen molar-refractivity contribution in [3.05, 3.63) is 47.0 Å². The predicted molar refractivity (Wildman–Crippen MR) is 75.6 cm³/mol. The maximum Gasteiger partial charge on any atom is 0.266 e. The number of hydrogen-bond donors (Lipinski definition) is 2.